The Morgan fingerprint density at radius 1 is 1.04 bits per heavy atom. The van der Waals surface area contributed by atoms with Gasteiger partial charge in [-0.1, -0.05) is 30.3 Å². The van der Waals surface area contributed by atoms with Crippen LogP contribution in [0.5, 0.6) is 0 Å². The Bertz CT molecular complexity index is 1110. The second-order valence-corrected chi connectivity index (χ2v) is 8.05. The summed E-state index contributed by atoms with van der Waals surface area (Å²) in [6.45, 7) is 0. The molecule has 0 amide bonds. The van der Waals surface area contributed by atoms with E-state index >= 15 is 0 Å². The van der Waals surface area contributed by atoms with Gasteiger partial charge in [-0.25, -0.2) is 8.42 Å². The zero-order valence-electron chi connectivity index (χ0n) is 13.3. The maximum absolute atomic E-state index is 12.3. The predicted molar refractivity (Wildman–Crippen MR) is 97.5 cm³/mol. The largest absolute Gasteiger partial charge is 0.283 e. The number of pyridine rings is 1. The van der Waals surface area contributed by atoms with Gasteiger partial charge < -0.3 is 0 Å². The lowest BCUT2D eigenvalue weighted by Gasteiger charge is -2.14. The predicted octanol–water partition coefficient (Wildman–Crippen LogP) is 3.68. The molecule has 1 aliphatic rings. The second-order valence-electron chi connectivity index (χ2n) is 6.09. The summed E-state index contributed by atoms with van der Waals surface area (Å²) in [5.41, 5.74) is 2.64. The molecule has 5 nitrogen and oxygen atoms in total. The lowest BCUT2D eigenvalue weighted by Crippen LogP contribution is -2.17. The molecular formula is C19H15N3O2S. The standard InChI is InChI=1S/C19H15N3O2S/c20-11-13-5-8-17(16-4-2-1-3-15(13)16)18-12-21-10-9-19(18)22-25(23,24)14-6-7-14/h1-5,8-10,12,14H,6-7H2,(H,21,22). The summed E-state index contributed by atoms with van der Waals surface area (Å²) in [6.07, 6.45) is 4.63. The highest BCUT2D eigenvalue weighted by Crippen LogP contribution is 2.36. The molecule has 124 valence electrons. The Kier molecular flexibility index (Phi) is 3.66. The molecule has 1 saturated carbocycles. The van der Waals surface area contributed by atoms with Crippen LogP contribution in [0.4, 0.5) is 5.69 Å². The van der Waals surface area contributed by atoms with Crippen LogP contribution in [0.2, 0.25) is 0 Å². The van der Waals surface area contributed by atoms with E-state index in [1.807, 2.05) is 30.3 Å². The van der Waals surface area contributed by atoms with Gasteiger partial charge in [-0.3, -0.25) is 9.71 Å². The van der Waals surface area contributed by atoms with Crippen LogP contribution in [0.3, 0.4) is 0 Å². The summed E-state index contributed by atoms with van der Waals surface area (Å²) >= 11 is 0. The summed E-state index contributed by atoms with van der Waals surface area (Å²) in [4.78, 5) is 4.16. The first-order chi connectivity index (χ1) is 12.1. The molecule has 0 saturated heterocycles. The summed E-state index contributed by atoms with van der Waals surface area (Å²) in [7, 11) is -3.37. The van der Waals surface area contributed by atoms with Crippen molar-refractivity contribution in [2.45, 2.75) is 18.1 Å². The van der Waals surface area contributed by atoms with Gasteiger partial charge in [-0.15, -0.1) is 0 Å². The molecule has 6 heteroatoms. The molecular weight excluding hydrogens is 334 g/mol. The van der Waals surface area contributed by atoms with Crippen molar-refractivity contribution in [2.75, 3.05) is 4.72 Å². The maximum Gasteiger partial charge on any atom is 0.235 e. The van der Waals surface area contributed by atoms with Gasteiger partial charge in [0.05, 0.1) is 22.6 Å². The van der Waals surface area contributed by atoms with Crippen molar-refractivity contribution in [1.29, 1.82) is 5.26 Å². The molecule has 3 aromatic rings. The molecule has 1 N–H and O–H groups in total. The summed E-state index contributed by atoms with van der Waals surface area (Å²) < 4.78 is 27.4. The Morgan fingerprint density at radius 2 is 1.80 bits per heavy atom. The van der Waals surface area contributed by atoms with Crippen molar-refractivity contribution in [1.82, 2.24) is 4.98 Å². The van der Waals surface area contributed by atoms with Crippen LogP contribution in [0.15, 0.2) is 54.9 Å². The number of benzene rings is 2. The van der Waals surface area contributed by atoms with Crippen molar-refractivity contribution >= 4 is 26.5 Å². The molecule has 1 heterocycles. The molecule has 2 aromatic carbocycles. The van der Waals surface area contributed by atoms with E-state index in [-0.39, 0.29) is 5.25 Å². The highest BCUT2D eigenvalue weighted by Gasteiger charge is 2.36. The van der Waals surface area contributed by atoms with E-state index in [1.54, 1.807) is 24.5 Å². The maximum atomic E-state index is 12.3. The van der Waals surface area contributed by atoms with Crippen LogP contribution >= 0.6 is 0 Å². The summed E-state index contributed by atoms with van der Waals surface area (Å²) in [5, 5.41) is 10.7. The second kappa shape index (κ2) is 5.87. The number of nitrogens with zero attached hydrogens (tertiary/aromatic N) is 2. The average Bonchev–Trinajstić information content (AvgIpc) is 3.47. The quantitative estimate of drug-likeness (QED) is 0.779. The fraction of sp³-hybridized carbons (Fsp3) is 0.158. The van der Waals surface area contributed by atoms with Crippen LogP contribution in [0.25, 0.3) is 21.9 Å². The zero-order valence-corrected chi connectivity index (χ0v) is 14.1. The Hall–Kier alpha value is -2.91. The number of hydrogen-bond acceptors (Lipinski definition) is 4. The number of aromatic nitrogens is 1. The Morgan fingerprint density at radius 3 is 2.52 bits per heavy atom. The van der Waals surface area contributed by atoms with Crippen LogP contribution in [0, 0.1) is 11.3 Å². The molecule has 25 heavy (non-hydrogen) atoms. The van der Waals surface area contributed by atoms with Crippen molar-refractivity contribution in [3.05, 3.63) is 60.4 Å². The third-order valence-corrected chi connectivity index (χ3v) is 6.22. The number of nitriles is 1. The van der Waals surface area contributed by atoms with E-state index in [1.165, 1.54) is 0 Å². The first kappa shape index (κ1) is 15.6. The number of fused-ring (bicyclic) bond motifs is 1. The number of hydrogen-bond donors (Lipinski definition) is 1. The Labute approximate surface area is 146 Å². The van der Waals surface area contributed by atoms with E-state index in [0.717, 1.165) is 16.3 Å². The topological polar surface area (TPSA) is 82.8 Å². The molecule has 4 rings (SSSR count). The smallest absolute Gasteiger partial charge is 0.235 e. The van der Waals surface area contributed by atoms with Gasteiger partial charge in [-0.05, 0) is 35.9 Å². The average molecular weight is 349 g/mol. The number of rotatable bonds is 4. The molecule has 0 unspecified atom stereocenters. The lowest BCUT2D eigenvalue weighted by molar-refractivity contribution is 0.600. The normalized spacial score (nSPS) is 14.2. The van der Waals surface area contributed by atoms with Crippen LogP contribution in [-0.2, 0) is 10.0 Å². The van der Waals surface area contributed by atoms with Gasteiger partial charge in [0.25, 0.3) is 0 Å². The first-order valence-corrected chi connectivity index (χ1v) is 9.52. The lowest BCUT2D eigenvalue weighted by atomic mass is 9.95. The van der Waals surface area contributed by atoms with Crippen molar-refractivity contribution in [3.8, 4) is 17.2 Å². The van der Waals surface area contributed by atoms with Crippen molar-refractivity contribution < 1.29 is 8.42 Å². The highest BCUT2D eigenvalue weighted by atomic mass is 32.2. The Balaban J connectivity index is 1.89. The highest BCUT2D eigenvalue weighted by molar-refractivity contribution is 7.93. The van der Waals surface area contributed by atoms with E-state index in [9.17, 15) is 13.7 Å². The molecule has 1 fully saturated rings. The molecule has 1 aromatic heterocycles. The number of sulfonamides is 1. The third-order valence-electron chi connectivity index (χ3n) is 4.37. The van der Waals surface area contributed by atoms with Crippen molar-refractivity contribution in [2.24, 2.45) is 0 Å². The minimum atomic E-state index is -3.37. The van der Waals surface area contributed by atoms with E-state index in [0.29, 0.717) is 29.7 Å². The van der Waals surface area contributed by atoms with Crippen molar-refractivity contribution in [3.63, 3.8) is 0 Å². The van der Waals surface area contributed by atoms with Gasteiger partial charge in [-0.2, -0.15) is 5.26 Å². The number of nitrogens with one attached hydrogen (secondary N) is 1. The first-order valence-electron chi connectivity index (χ1n) is 7.98. The third kappa shape index (κ3) is 2.83. The number of anilines is 1. The molecule has 0 radical (unpaired) electrons. The van der Waals surface area contributed by atoms with Crippen LogP contribution < -0.4 is 4.72 Å². The zero-order chi connectivity index (χ0) is 17.4. The molecule has 0 spiro atoms. The monoisotopic (exact) mass is 349 g/mol. The minimum absolute atomic E-state index is 0.300. The van der Waals surface area contributed by atoms with Crippen LogP contribution in [-0.4, -0.2) is 18.7 Å². The van der Waals surface area contributed by atoms with Gasteiger partial charge in [0.15, 0.2) is 0 Å². The van der Waals surface area contributed by atoms with E-state index in [2.05, 4.69) is 15.8 Å². The fourth-order valence-corrected chi connectivity index (χ4v) is 4.35. The SMILES string of the molecule is N#Cc1ccc(-c2cnccc2NS(=O)(=O)C2CC2)c2ccccc12. The van der Waals surface area contributed by atoms with Crippen LogP contribution in [0.1, 0.15) is 18.4 Å². The molecule has 0 aliphatic heterocycles. The van der Waals surface area contributed by atoms with E-state index in [4.69, 9.17) is 0 Å². The molecule has 0 atom stereocenters. The van der Waals surface area contributed by atoms with E-state index < -0.39 is 10.0 Å². The summed E-state index contributed by atoms with van der Waals surface area (Å²) in [5.74, 6) is 0. The van der Waals surface area contributed by atoms with Gasteiger partial charge in [0.2, 0.25) is 10.0 Å². The fourth-order valence-electron chi connectivity index (χ4n) is 2.94. The molecule has 1 aliphatic carbocycles. The molecule has 0 bridgehead atoms. The minimum Gasteiger partial charge on any atom is -0.283 e. The van der Waals surface area contributed by atoms with Gasteiger partial charge >= 0.3 is 0 Å². The van der Waals surface area contributed by atoms with Gasteiger partial charge in [0, 0.05) is 23.3 Å². The van der Waals surface area contributed by atoms with Gasteiger partial charge in [0.1, 0.15) is 0 Å². The summed E-state index contributed by atoms with van der Waals surface area (Å²) in [6, 6.07) is 15.1.